The van der Waals surface area contributed by atoms with Gasteiger partial charge in [-0.2, -0.15) is 0 Å². The summed E-state index contributed by atoms with van der Waals surface area (Å²) in [5.41, 5.74) is 3.82. The van der Waals surface area contributed by atoms with Crippen LogP contribution in [0.3, 0.4) is 0 Å². The van der Waals surface area contributed by atoms with Crippen molar-refractivity contribution in [3.05, 3.63) is 69.9 Å². The molecule has 3 N–H and O–H groups in total. The first kappa shape index (κ1) is 21.7. The number of carbonyl (C=O) groups is 3. The highest BCUT2D eigenvalue weighted by Crippen LogP contribution is 2.39. The summed E-state index contributed by atoms with van der Waals surface area (Å²) in [7, 11) is 0. The number of ether oxygens (including phenoxy) is 1. The zero-order valence-electron chi connectivity index (χ0n) is 17.4. The fourth-order valence-corrected chi connectivity index (χ4v) is 4.29. The summed E-state index contributed by atoms with van der Waals surface area (Å²) in [5, 5.41) is 12.8. The Hall–Kier alpha value is -3.52. The van der Waals surface area contributed by atoms with Gasteiger partial charge < -0.3 is 20.1 Å². The van der Waals surface area contributed by atoms with E-state index in [0.717, 1.165) is 22.2 Å². The molecular formula is C23H22ClN3O5. The summed E-state index contributed by atoms with van der Waals surface area (Å²) in [6.45, 7) is 1.95. The number of hydrogen-bond acceptors (Lipinski definition) is 4. The largest absolute Gasteiger partial charge is 0.480 e. The van der Waals surface area contributed by atoms with Gasteiger partial charge in [-0.05, 0) is 54.8 Å². The van der Waals surface area contributed by atoms with Gasteiger partial charge in [-0.1, -0.05) is 23.7 Å². The van der Waals surface area contributed by atoms with Crippen molar-refractivity contribution < 1.29 is 24.2 Å². The number of aliphatic carboxylic acids is 1. The Morgan fingerprint density at radius 1 is 1.25 bits per heavy atom. The molecule has 0 saturated heterocycles. The number of carbonyl (C=O) groups excluding carboxylic acids is 2. The molecule has 1 aliphatic rings. The van der Waals surface area contributed by atoms with Crippen LogP contribution in [0.1, 0.15) is 40.1 Å². The molecule has 0 aliphatic carbocycles. The van der Waals surface area contributed by atoms with E-state index in [1.807, 2.05) is 18.2 Å². The molecule has 32 heavy (non-hydrogen) atoms. The topological polar surface area (TPSA) is 112 Å². The first-order valence-electron chi connectivity index (χ1n) is 10.2. The third-order valence-electron chi connectivity index (χ3n) is 5.46. The fraction of sp³-hybridized carbons (Fsp3) is 0.261. The van der Waals surface area contributed by atoms with Gasteiger partial charge >= 0.3 is 12.1 Å². The average molecular weight is 456 g/mol. The van der Waals surface area contributed by atoms with Crippen LogP contribution in [0.5, 0.6) is 0 Å². The fourth-order valence-electron chi connectivity index (χ4n) is 4.12. The molecule has 0 saturated carbocycles. The predicted molar refractivity (Wildman–Crippen MR) is 119 cm³/mol. The molecule has 1 aliphatic heterocycles. The van der Waals surface area contributed by atoms with E-state index < -0.39 is 30.6 Å². The van der Waals surface area contributed by atoms with Crippen molar-refractivity contribution in [2.24, 2.45) is 0 Å². The highest BCUT2D eigenvalue weighted by Gasteiger charge is 2.35. The van der Waals surface area contributed by atoms with Crippen LogP contribution in [0.15, 0.2) is 42.5 Å². The number of carboxylic acid groups (broad SMARTS) is 1. The lowest BCUT2D eigenvalue weighted by Crippen LogP contribution is -2.41. The van der Waals surface area contributed by atoms with Crippen molar-refractivity contribution in [2.75, 3.05) is 19.7 Å². The van der Waals surface area contributed by atoms with E-state index >= 15 is 0 Å². The molecule has 8 nitrogen and oxygen atoms in total. The molecular weight excluding hydrogens is 434 g/mol. The maximum absolute atomic E-state index is 12.8. The van der Waals surface area contributed by atoms with Crippen molar-refractivity contribution in [3.63, 3.8) is 0 Å². The summed E-state index contributed by atoms with van der Waals surface area (Å²) in [6, 6.07) is 11.9. The minimum atomic E-state index is -1.13. The van der Waals surface area contributed by atoms with E-state index in [4.69, 9.17) is 21.4 Å². The van der Waals surface area contributed by atoms with Crippen molar-refractivity contribution in [3.8, 4) is 0 Å². The number of hydrogen-bond donors (Lipinski definition) is 3. The monoisotopic (exact) mass is 455 g/mol. The summed E-state index contributed by atoms with van der Waals surface area (Å²) in [4.78, 5) is 41.1. The molecule has 2 amide bonds. The number of nitrogens with zero attached hydrogens (tertiary/aromatic N) is 1. The number of aromatic nitrogens is 1. The molecule has 1 unspecified atom stereocenters. The Bertz CT molecular complexity index is 1210. The summed E-state index contributed by atoms with van der Waals surface area (Å²) >= 11 is 6.21. The first-order valence-corrected chi connectivity index (χ1v) is 10.6. The van der Waals surface area contributed by atoms with E-state index in [9.17, 15) is 14.4 Å². The van der Waals surface area contributed by atoms with Gasteiger partial charge in [0.2, 0.25) is 0 Å². The predicted octanol–water partition coefficient (Wildman–Crippen LogP) is 3.74. The Balaban J connectivity index is 1.79. The van der Waals surface area contributed by atoms with Crippen LogP contribution in [0.4, 0.5) is 4.79 Å². The van der Waals surface area contributed by atoms with Gasteiger partial charge in [-0.15, -0.1) is 0 Å². The molecule has 4 rings (SSSR count). The lowest BCUT2D eigenvalue weighted by atomic mass is 9.92. The maximum Gasteiger partial charge on any atom is 0.410 e. The molecule has 0 fully saturated rings. The number of amides is 2. The lowest BCUT2D eigenvalue weighted by molar-refractivity contribution is -0.135. The van der Waals surface area contributed by atoms with E-state index in [1.54, 1.807) is 36.1 Å². The van der Waals surface area contributed by atoms with E-state index in [2.05, 4.69) is 10.3 Å². The van der Waals surface area contributed by atoms with Crippen LogP contribution in [0, 0.1) is 0 Å². The third kappa shape index (κ3) is 4.13. The minimum Gasteiger partial charge on any atom is -0.480 e. The van der Waals surface area contributed by atoms with E-state index in [1.165, 1.54) is 0 Å². The van der Waals surface area contributed by atoms with Crippen LogP contribution in [-0.4, -0.2) is 52.7 Å². The Morgan fingerprint density at radius 3 is 2.81 bits per heavy atom. The van der Waals surface area contributed by atoms with Crippen LogP contribution >= 0.6 is 11.6 Å². The van der Waals surface area contributed by atoms with Gasteiger partial charge in [0.25, 0.3) is 5.91 Å². The second kappa shape index (κ2) is 8.92. The normalized spacial score (nSPS) is 15.3. The molecule has 2 aromatic carbocycles. The summed E-state index contributed by atoms with van der Waals surface area (Å²) < 4.78 is 5.29. The Morgan fingerprint density at radius 2 is 2.06 bits per heavy atom. The summed E-state index contributed by atoms with van der Waals surface area (Å²) in [6.07, 6.45) is 0.185. The van der Waals surface area contributed by atoms with Gasteiger partial charge in [0, 0.05) is 33.7 Å². The number of halogens is 1. The second-order valence-electron chi connectivity index (χ2n) is 7.45. The van der Waals surface area contributed by atoms with Gasteiger partial charge in [0.05, 0.1) is 6.61 Å². The minimum absolute atomic E-state index is 0.245. The quantitative estimate of drug-likeness (QED) is 0.542. The third-order valence-corrected chi connectivity index (χ3v) is 5.69. The maximum atomic E-state index is 12.8. The zero-order chi connectivity index (χ0) is 22.8. The lowest BCUT2D eigenvalue weighted by Gasteiger charge is -2.35. The highest BCUT2D eigenvalue weighted by molar-refractivity contribution is 6.31. The average Bonchev–Trinajstić information content (AvgIpc) is 3.14. The van der Waals surface area contributed by atoms with E-state index in [-0.39, 0.29) is 6.61 Å². The zero-order valence-corrected chi connectivity index (χ0v) is 18.1. The smallest absolute Gasteiger partial charge is 0.410 e. The van der Waals surface area contributed by atoms with Crippen LogP contribution < -0.4 is 5.32 Å². The number of H-pyrrole nitrogens is 1. The number of fused-ring (bicyclic) bond motifs is 3. The summed E-state index contributed by atoms with van der Waals surface area (Å²) in [5.74, 6) is -1.63. The molecule has 0 bridgehead atoms. The molecule has 0 spiro atoms. The number of rotatable bonds is 5. The molecule has 9 heteroatoms. The molecule has 2 heterocycles. The number of aromatic amines is 1. The molecule has 1 aromatic heterocycles. The van der Waals surface area contributed by atoms with Gasteiger partial charge in [0.1, 0.15) is 12.6 Å². The van der Waals surface area contributed by atoms with Gasteiger partial charge in [-0.3, -0.25) is 14.5 Å². The Labute approximate surface area is 189 Å². The molecule has 1 atom stereocenters. The van der Waals surface area contributed by atoms with Crippen molar-refractivity contribution in [1.29, 1.82) is 0 Å². The Kier molecular flexibility index (Phi) is 6.05. The van der Waals surface area contributed by atoms with Crippen LogP contribution in [0.25, 0.3) is 10.9 Å². The van der Waals surface area contributed by atoms with E-state index in [0.29, 0.717) is 29.1 Å². The van der Waals surface area contributed by atoms with Crippen LogP contribution in [-0.2, 0) is 16.0 Å². The number of carboxylic acids is 1. The van der Waals surface area contributed by atoms with Gasteiger partial charge in [-0.25, -0.2) is 4.79 Å². The second-order valence-corrected chi connectivity index (χ2v) is 7.89. The van der Waals surface area contributed by atoms with Gasteiger partial charge in [0.15, 0.2) is 0 Å². The SMILES string of the molecule is CCOC(=O)N1CCc2c([nH]c3ccc(Cl)cc23)C1c1cccc(C(=O)NCC(=O)O)c1. The van der Waals surface area contributed by atoms with Crippen molar-refractivity contribution >= 4 is 40.5 Å². The number of benzene rings is 2. The molecule has 0 radical (unpaired) electrons. The first-order chi connectivity index (χ1) is 15.4. The van der Waals surface area contributed by atoms with Crippen molar-refractivity contribution in [1.82, 2.24) is 15.2 Å². The van der Waals surface area contributed by atoms with Crippen molar-refractivity contribution in [2.45, 2.75) is 19.4 Å². The molecule has 3 aromatic rings. The standard InChI is InChI=1S/C23H22ClN3O5/c1-2-32-23(31)27-9-8-16-17-11-15(24)6-7-18(17)26-20(16)21(27)13-4-3-5-14(10-13)22(30)25-12-19(28)29/h3-7,10-11,21,26H,2,8-9,12H2,1H3,(H,25,30)(H,28,29). The number of nitrogens with one attached hydrogen (secondary N) is 2. The molecule has 166 valence electrons. The van der Waals surface area contributed by atoms with Crippen LogP contribution in [0.2, 0.25) is 5.02 Å². The highest BCUT2D eigenvalue weighted by atomic mass is 35.5.